The first-order valence-corrected chi connectivity index (χ1v) is 8.12. The summed E-state index contributed by atoms with van der Waals surface area (Å²) in [5.41, 5.74) is 3.80. The zero-order valence-corrected chi connectivity index (χ0v) is 13.6. The monoisotopic (exact) mass is 327 g/mol. The van der Waals surface area contributed by atoms with E-state index >= 15 is 0 Å². The van der Waals surface area contributed by atoms with E-state index in [1.54, 1.807) is 18.3 Å². The van der Waals surface area contributed by atoms with Gasteiger partial charge in [0.2, 0.25) is 5.95 Å². The van der Waals surface area contributed by atoms with Gasteiger partial charge in [-0.3, -0.25) is 0 Å². The fourth-order valence-electron chi connectivity index (χ4n) is 2.81. The number of rotatable bonds is 4. The van der Waals surface area contributed by atoms with Gasteiger partial charge in [-0.1, -0.05) is 54.6 Å². The second-order valence-electron chi connectivity index (χ2n) is 5.79. The van der Waals surface area contributed by atoms with Crippen molar-refractivity contribution in [3.05, 3.63) is 90.0 Å². The molecule has 4 heteroatoms. The number of aliphatic imine (C=N–C) groups is 1. The maximum Gasteiger partial charge on any atom is 0.230 e. The van der Waals surface area contributed by atoms with Crippen LogP contribution in [0, 0.1) is 0 Å². The van der Waals surface area contributed by atoms with Gasteiger partial charge in [0.25, 0.3) is 0 Å². The Kier molecular flexibility index (Phi) is 4.01. The van der Waals surface area contributed by atoms with E-state index in [0.29, 0.717) is 18.1 Å². The van der Waals surface area contributed by atoms with E-state index in [0.717, 1.165) is 11.0 Å². The Labute approximate surface area is 145 Å². The van der Waals surface area contributed by atoms with Crippen molar-refractivity contribution in [1.29, 1.82) is 0 Å². The Morgan fingerprint density at radius 3 is 2.44 bits per heavy atom. The predicted molar refractivity (Wildman–Crippen MR) is 101 cm³/mol. The number of hydrogen-bond donors (Lipinski definition) is 1. The van der Waals surface area contributed by atoms with Gasteiger partial charge in [0.1, 0.15) is 5.75 Å². The second kappa shape index (κ2) is 6.61. The van der Waals surface area contributed by atoms with E-state index in [2.05, 4.69) is 26.7 Å². The number of aromatic hydroxyl groups is 1. The smallest absolute Gasteiger partial charge is 0.230 e. The van der Waals surface area contributed by atoms with Crippen LogP contribution in [0.5, 0.6) is 5.75 Å². The molecule has 0 fully saturated rings. The average molecular weight is 327 g/mol. The van der Waals surface area contributed by atoms with Crippen LogP contribution in [0.25, 0.3) is 11.0 Å². The minimum Gasteiger partial charge on any atom is -0.507 e. The van der Waals surface area contributed by atoms with Gasteiger partial charge < -0.3 is 9.67 Å². The van der Waals surface area contributed by atoms with Crippen molar-refractivity contribution in [3.8, 4) is 5.75 Å². The first-order valence-electron chi connectivity index (χ1n) is 8.12. The number of nitrogens with zero attached hydrogens (tertiary/aromatic N) is 3. The topological polar surface area (TPSA) is 50.4 Å². The molecule has 0 radical (unpaired) electrons. The molecule has 0 aliphatic heterocycles. The lowest BCUT2D eigenvalue weighted by Gasteiger charge is -2.06. The molecule has 0 saturated heterocycles. The third-order valence-electron chi connectivity index (χ3n) is 4.07. The van der Waals surface area contributed by atoms with Crippen LogP contribution in [-0.2, 0) is 6.54 Å². The fourth-order valence-corrected chi connectivity index (χ4v) is 2.81. The average Bonchev–Trinajstić information content (AvgIpc) is 3.00. The van der Waals surface area contributed by atoms with E-state index < -0.39 is 0 Å². The molecule has 1 aromatic heterocycles. The molecule has 1 heterocycles. The Bertz CT molecular complexity index is 1040. The zero-order valence-electron chi connectivity index (χ0n) is 13.6. The molecule has 0 saturated carbocycles. The van der Waals surface area contributed by atoms with Gasteiger partial charge >= 0.3 is 0 Å². The van der Waals surface area contributed by atoms with Crippen LogP contribution in [0.1, 0.15) is 11.1 Å². The van der Waals surface area contributed by atoms with Crippen LogP contribution < -0.4 is 0 Å². The van der Waals surface area contributed by atoms with E-state index in [-0.39, 0.29) is 5.75 Å². The number of hydrogen-bond acceptors (Lipinski definition) is 3. The normalized spacial score (nSPS) is 11.4. The number of aromatic nitrogens is 2. The Morgan fingerprint density at radius 1 is 0.880 bits per heavy atom. The summed E-state index contributed by atoms with van der Waals surface area (Å²) >= 11 is 0. The van der Waals surface area contributed by atoms with Crippen molar-refractivity contribution in [2.75, 3.05) is 0 Å². The third-order valence-corrected chi connectivity index (χ3v) is 4.07. The summed E-state index contributed by atoms with van der Waals surface area (Å²) < 4.78 is 2.08. The SMILES string of the molecule is Oc1ccccc1/C=N/c1nc2ccccc2n1Cc1ccccc1. The van der Waals surface area contributed by atoms with Gasteiger partial charge in [-0.25, -0.2) is 9.98 Å². The van der Waals surface area contributed by atoms with Crippen LogP contribution in [0.4, 0.5) is 5.95 Å². The highest BCUT2D eigenvalue weighted by atomic mass is 16.3. The molecule has 3 aromatic carbocycles. The van der Waals surface area contributed by atoms with E-state index in [4.69, 9.17) is 0 Å². The minimum atomic E-state index is 0.206. The van der Waals surface area contributed by atoms with E-state index in [1.165, 1.54) is 5.56 Å². The molecule has 0 spiro atoms. The van der Waals surface area contributed by atoms with Crippen molar-refractivity contribution in [2.24, 2.45) is 4.99 Å². The summed E-state index contributed by atoms with van der Waals surface area (Å²) in [7, 11) is 0. The van der Waals surface area contributed by atoms with Gasteiger partial charge in [-0.2, -0.15) is 0 Å². The lowest BCUT2D eigenvalue weighted by Crippen LogP contribution is -1.99. The first-order chi connectivity index (χ1) is 12.3. The lowest BCUT2D eigenvalue weighted by molar-refractivity contribution is 0.474. The molecule has 4 aromatic rings. The Hall–Kier alpha value is -3.40. The number of fused-ring (bicyclic) bond motifs is 1. The van der Waals surface area contributed by atoms with Crippen LogP contribution >= 0.6 is 0 Å². The molecule has 0 unspecified atom stereocenters. The van der Waals surface area contributed by atoms with Crippen molar-refractivity contribution in [1.82, 2.24) is 9.55 Å². The summed E-state index contributed by atoms with van der Waals surface area (Å²) in [6.45, 7) is 0.689. The molecule has 0 aliphatic rings. The largest absolute Gasteiger partial charge is 0.507 e. The molecule has 4 rings (SSSR count). The van der Waals surface area contributed by atoms with Crippen molar-refractivity contribution >= 4 is 23.2 Å². The molecule has 25 heavy (non-hydrogen) atoms. The minimum absolute atomic E-state index is 0.206. The second-order valence-corrected chi connectivity index (χ2v) is 5.79. The number of imidazole rings is 1. The molecule has 1 N–H and O–H groups in total. The number of phenolic OH excluding ortho intramolecular Hbond substituents is 1. The van der Waals surface area contributed by atoms with E-state index in [9.17, 15) is 5.11 Å². The van der Waals surface area contributed by atoms with Crippen molar-refractivity contribution in [2.45, 2.75) is 6.54 Å². The highest BCUT2D eigenvalue weighted by Gasteiger charge is 2.10. The summed E-state index contributed by atoms with van der Waals surface area (Å²) in [5.74, 6) is 0.824. The van der Waals surface area contributed by atoms with E-state index in [1.807, 2.05) is 54.6 Å². The number of benzene rings is 3. The molecule has 0 atom stereocenters. The van der Waals surface area contributed by atoms with Crippen LogP contribution in [0.3, 0.4) is 0 Å². The maximum atomic E-state index is 9.91. The third kappa shape index (κ3) is 3.15. The quantitative estimate of drug-likeness (QED) is 0.559. The molecular weight excluding hydrogens is 310 g/mol. The number of para-hydroxylation sites is 3. The molecule has 0 aliphatic carbocycles. The predicted octanol–water partition coefficient (Wildman–Crippen LogP) is 4.54. The Morgan fingerprint density at radius 2 is 1.60 bits per heavy atom. The van der Waals surface area contributed by atoms with Gasteiger partial charge in [0.05, 0.1) is 17.6 Å². The highest BCUT2D eigenvalue weighted by molar-refractivity contribution is 5.86. The Balaban J connectivity index is 1.78. The summed E-state index contributed by atoms with van der Waals surface area (Å²) in [5, 5.41) is 9.91. The van der Waals surface area contributed by atoms with Crippen LogP contribution in [-0.4, -0.2) is 20.9 Å². The van der Waals surface area contributed by atoms with Crippen molar-refractivity contribution < 1.29 is 5.11 Å². The molecule has 122 valence electrons. The van der Waals surface area contributed by atoms with Crippen molar-refractivity contribution in [3.63, 3.8) is 0 Å². The molecule has 4 nitrogen and oxygen atoms in total. The summed E-state index contributed by atoms with van der Waals surface area (Å²) in [6.07, 6.45) is 1.65. The van der Waals surface area contributed by atoms with Crippen LogP contribution in [0.15, 0.2) is 83.9 Å². The van der Waals surface area contributed by atoms with Crippen LogP contribution in [0.2, 0.25) is 0 Å². The van der Waals surface area contributed by atoms with Gasteiger partial charge in [-0.15, -0.1) is 0 Å². The molecular formula is C21H17N3O. The highest BCUT2D eigenvalue weighted by Crippen LogP contribution is 2.24. The van der Waals surface area contributed by atoms with Gasteiger partial charge in [0.15, 0.2) is 0 Å². The van der Waals surface area contributed by atoms with Gasteiger partial charge in [-0.05, 0) is 29.8 Å². The number of phenols is 1. The van der Waals surface area contributed by atoms with Gasteiger partial charge in [0, 0.05) is 11.8 Å². The maximum absolute atomic E-state index is 9.91. The lowest BCUT2D eigenvalue weighted by atomic mass is 10.2. The molecule has 0 amide bonds. The zero-order chi connectivity index (χ0) is 17.1. The summed E-state index contributed by atoms with van der Waals surface area (Å²) in [4.78, 5) is 9.17. The fraction of sp³-hybridized carbons (Fsp3) is 0.0476. The summed E-state index contributed by atoms with van der Waals surface area (Å²) in [6, 6.07) is 25.4. The first kappa shape index (κ1) is 15.1. The molecule has 0 bridgehead atoms. The standard InChI is InChI=1S/C21H17N3O/c25-20-13-7-4-10-17(20)14-22-21-23-18-11-5-6-12-19(18)24(21)15-16-8-2-1-3-9-16/h1-14,25H,15H2/b22-14+.